The summed E-state index contributed by atoms with van der Waals surface area (Å²) in [5, 5.41) is 4.62. The van der Waals surface area contributed by atoms with Crippen LogP contribution in [0.3, 0.4) is 0 Å². The lowest BCUT2D eigenvalue weighted by molar-refractivity contribution is 0.0322. The van der Waals surface area contributed by atoms with E-state index in [0.717, 1.165) is 66.8 Å². The zero-order chi connectivity index (χ0) is 20.9. The van der Waals surface area contributed by atoms with E-state index in [2.05, 4.69) is 26.0 Å². The average molecular weight is 409 g/mol. The molecule has 0 bridgehead atoms. The number of benzene rings is 1. The standard InChI is InChI=1S/C22H28N6O2/c1-16-13-19(25-22(23)24-16)21-18(15-27(2)26-21)14-17-5-3-4-6-20(17)30-12-9-28-7-10-29-11-8-28/h3-6,13,15H,7-12,14H2,1-2H3,(H2,23,24,25). The zero-order valence-electron chi connectivity index (χ0n) is 17.5. The highest BCUT2D eigenvalue weighted by Crippen LogP contribution is 2.27. The number of para-hydroxylation sites is 1. The SMILES string of the molecule is Cc1cc(-c2nn(C)cc2Cc2ccccc2OCCN2CCOCC2)nc(N)n1. The fraction of sp³-hybridized carbons (Fsp3) is 0.409. The second-order valence-corrected chi connectivity index (χ2v) is 7.52. The van der Waals surface area contributed by atoms with Gasteiger partial charge in [0.05, 0.1) is 18.9 Å². The third kappa shape index (κ3) is 4.95. The minimum atomic E-state index is 0.258. The molecule has 3 aromatic rings. The lowest BCUT2D eigenvalue weighted by Gasteiger charge is -2.26. The Morgan fingerprint density at radius 2 is 1.93 bits per heavy atom. The quantitative estimate of drug-likeness (QED) is 0.640. The Balaban J connectivity index is 1.51. The van der Waals surface area contributed by atoms with Crippen LogP contribution in [0.2, 0.25) is 0 Å². The molecule has 1 aromatic carbocycles. The zero-order valence-corrected chi connectivity index (χ0v) is 17.5. The van der Waals surface area contributed by atoms with Crippen molar-refractivity contribution < 1.29 is 9.47 Å². The normalized spacial score (nSPS) is 14.7. The van der Waals surface area contributed by atoms with Gasteiger partial charge in [-0.15, -0.1) is 0 Å². The molecule has 1 aliphatic rings. The van der Waals surface area contributed by atoms with Gasteiger partial charge in [-0.25, -0.2) is 9.97 Å². The Bertz CT molecular complexity index is 977. The lowest BCUT2D eigenvalue weighted by atomic mass is 10.0. The maximum atomic E-state index is 6.15. The molecule has 0 unspecified atom stereocenters. The number of anilines is 1. The number of nitrogens with zero attached hydrogens (tertiary/aromatic N) is 5. The number of nitrogens with two attached hydrogens (primary N) is 1. The van der Waals surface area contributed by atoms with Crippen LogP contribution >= 0.6 is 0 Å². The average Bonchev–Trinajstić information content (AvgIpc) is 3.09. The van der Waals surface area contributed by atoms with Crippen molar-refractivity contribution in [2.45, 2.75) is 13.3 Å². The molecule has 0 aliphatic carbocycles. The van der Waals surface area contributed by atoms with Crippen molar-refractivity contribution in [3.8, 4) is 17.1 Å². The van der Waals surface area contributed by atoms with Gasteiger partial charge in [0.2, 0.25) is 5.95 Å². The molecule has 1 fully saturated rings. The van der Waals surface area contributed by atoms with Gasteiger partial charge in [0.25, 0.3) is 0 Å². The molecule has 0 amide bonds. The van der Waals surface area contributed by atoms with Gasteiger partial charge in [0.1, 0.15) is 18.1 Å². The summed E-state index contributed by atoms with van der Waals surface area (Å²) in [5.41, 5.74) is 10.4. The van der Waals surface area contributed by atoms with Gasteiger partial charge in [-0.1, -0.05) is 18.2 Å². The molecule has 0 radical (unpaired) electrons. The molecule has 1 saturated heterocycles. The van der Waals surface area contributed by atoms with Crippen molar-refractivity contribution in [2.24, 2.45) is 7.05 Å². The van der Waals surface area contributed by atoms with E-state index in [1.165, 1.54) is 0 Å². The first-order chi connectivity index (χ1) is 14.6. The van der Waals surface area contributed by atoms with Crippen molar-refractivity contribution >= 4 is 5.95 Å². The molecular formula is C22H28N6O2. The van der Waals surface area contributed by atoms with Crippen LogP contribution in [0, 0.1) is 6.92 Å². The maximum Gasteiger partial charge on any atom is 0.220 e. The lowest BCUT2D eigenvalue weighted by Crippen LogP contribution is -2.38. The van der Waals surface area contributed by atoms with Crippen LogP contribution in [0.5, 0.6) is 5.75 Å². The third-order valence-electron chi connectivity index (χ3n) is 5.14. The topological polar surface area (TPSA) is 91.3 Å². The second kappa shape index (κ2) is 9.23. The molecule has 2 aromatic heterocycles. The van der Waals surface area contributed by atoms with Crippen LogP contribution in [0.4, 0.5) is 5.95 Å². The van der Waals surface area contributed by atoms with Gasteiger partial charge in [0.15, 0.2) is 0 Å². The number of aryl methyl sites for hydroxylation is 2. The van der Waals surface area contributed by atoms with E-state index in [-0.39, 0.29) is 5.95 Å². The monoisotopic (exact) mass is 408 g/mol. The van der Waals surface area contributed by atoms with Crippen LogP contribution < -0.4 is 10.5 Å². The maximum absolute atomic E-state index is 6.15. The first-order valence-electron chi connectivity index (χ1n) is 10.2. The highest BCUT2D eigenvalue weighted by Gasteiger charge is 2.16. The van der Waals surface area contributed by atoms with Gasteiger partial charge in [0, 0.05) is 50.6 Å². The number of hydrogen-bond acceptors (Lipinski definition) is 7. The van der Waals surface area contributed by atoms with Crippen molar-refractivity contribution in [3.63, 3.8) is 0 Å². The van der Waals surface area contributed by atoms with Crippen molar-refractivity contribution in [3.05, 3.63) is 53.3 Å². The van der Waals surface area contributed by atoms with Crippen LogP contribution in [0.1, 0.15) is 16.8 Å². The largest absolute Gasteiger partial charge is 0.492 e. The molecule has 4 rings (SSSR count). The second-order valence-electron chi connectivity index (χ2n) is 7.52. The molecule has 0 atom stereocenters. The molecule has 8 nitrogen and oxygen atoms in total. The Hall–Kier alpha value is -2.97. The molecule has 3 heterocycles. The predicted octanol–water partition coefficient (Wildman–Crippen LogP) is 2.07. The van der Waals surface area contributed by atoms with Crippen molar-refractivity contribution in [1.82, 2.24) is 24.6 Å². The smallest absolute Gasteiger partial charge is 0.220 e. The molecule has 2 N–H and O–H groups in total. The number of nitrogen functional groups attached to an aromatic ring is 1. The van der Waals surface area contributed by atoms with Crippen molar-refractivity contribution in [1.29, 1.82) is 0 Å². The summed E-state index contributed by atoms with van der Waals surface area (Å²) in [6, 6.07) is 10.1. The molecule has 8 heteroatoms. The number of ether oxygens (including phenoxy) is 2. The molecular weight excluding hydrogens is 380 g/mol. The summed E-state index contributed by atoms with van der Waals surface area (Å²) in [6.07, 6.45) is 2.72. The van der Waals surface area contributed by atoms with E-state index in [9.17, 15) is 0 Å². The Labute approximate surface area is 176 Å². The molecule has 158 valence electrons. The summed E-state index contributed by atoms with van der Waals surface area (Å²) < 4.78 is 13.4. The first-order valence-corrected chi connectivity index (χ1v) is 10.2. The molecule has 30 heavy (non-hydrogen) atoms. The van der Waals surface area contributed by atoms with Crippen LogP contribution in [-0.2, 0) is 18.2 Å². The van der Waals surface area contributed by atoms with E-state index in [1.54, 1.807) is 4.68 Å². The highest BCUT2D eigenvalue weighted by atomic mass is 16.5. The number of hydrogen-bond donors (Lipinski definition) is 1. The van der Waals surface area contributed by atoms with E-state index < -0.39 is 0 Å². The molecule has 0 spiro atoms. The van der Waals surface area contributed by atoms with Crippen LogP contribution in [0.15, 0.2) is 36.5 Å². The van der Waals surface area contributed by atoms with Gasteiger partial charge < -0.3 is 15.2 Å². The van der Waals surface area contributed by atoms with E-state index >= 15 is 0 Å². The van der Waals surface area contributed by atoms with Gasteiger partial charge in [-0.2, -0.15) is 5.10 Å². The van der Waals surface area contributed by atoms with Crippen LogP contribution in [-0.4, -0.2) is 64.1 Å². The number of morpholine rings is 1. The summed E-state index contributed by atoms with van der Waals surface area (Å²) >= 11 is 0. The minimum absolute atomic E-state index is 0.258. The molecule has 0 saturated carbocycles. The summed E-state index contributed by atoms with van der Waals surface area (Å²) in [6.45, 7) is 6.98. The number of rotatable bonds is 7. The fourth-order valence-electron chi connectivity index (χ4n) is 3.70. The van der Waals surface area contributed by atoms with Gasteiger partial charge in [-0.3, -0.25) is 9.58 Å². The van der Waals surface area contributed by atoms with Gasteiger partial charge >= 0.3 is 0 Å². The predicted molar refractivity (Wildman–Crippen MR) is 115 cm³/mol. The minimum Gasteiger partial charge on any atom is -0.492 e. The summed E-state index contributed by atoms with van der Waals surface area (Å²) in [5.74, 6) is 1.16. The van der Waals surface area contributed by atoms with E-state index in [1.807, 2.05) is 44.4 Å². The van der Waals surface area contributed by atoms with Crippen LogP contribution in [0.25, 0.3) is 11.4 Å². The highest BCUT2D eigenvalue weighted by molar-refractivity contribution is 5.61. The third-order valence-corrected chi connectivity index (χ3v) is 5.14. The van der Waals surface area contributed by atoms with E-state index in [0.29, 0.717) is 13.0 Å². The van der Waals surface area contributed by atoms with Gasteiger partial charge in [-0.05, 0) is 24.6 Å². The van der Waals surface area contributed by atoms with Crippen molar-refractivity contribution in [2.75, 3.05) is 45.2 Å². The van der Waals surface area contributed by atoms with E-state index in [4.69, 9.17) is 15.2 Å². The Morgan fingerprint density at radius 1 is 1.13 bits per heavy atom. The fourth-order valence-corrected chi connectivity index (χ4v) is 3.70. The Morgan fingerprint density at radius 3 is 2.73 bits per heavy atom. The summed E-state index contributed by atoms with van der Waals surface area (Å²) in [4.78, 5) is 10.9. The number of aromatic nitrogens is 4. The Kier molecular flexibility index (Phi) is 6.25. The first kappa shape index (κ1) is 20.3. The molecule has 1 aliphatic heterocycles. The summed E-state index contributed by atoms with van der Waals surface area (Å²) in [7, 11) is 1.91.